The summed E-state index contributed by atoms with van der Waals surface area (Å²) in [7, 11) is 0. The van der Waals surface area contributed by atoms with Gasteiger partial charge >= 0.3 is 0 Å². The monoisotopic (exact) mass is 366 g/mol. The molecule has 27 heavy (non-hydrogen) atoms. The van der Waals surface area contributed by atoms with Gasteiger partial charge in [0.25, 0.3) is 5.91 Å². The number of carbonyl (C=O) groups is 1. The highest BCUT2D eigenvalue weighted by atomic mass is 16.7. The van der Waals surface area contributed by atoms with Crippen molar-refractivity contribution in [3.8, 4) is 11.5 Å². The molecular formula is C22H26N2O3. The molecule has 3 heterocycles. The van der Waals surface area contributed by atoms with Gasteiger partial charge in [-0.05, 0) is 46.5 Å². The van der Waals surface area contributed by atoms with Crippen LogP contribution in [0.15, 0.2) is 36.6 Å². The number of dihydropyridines is 1. The first-order valence-corrected chi connectivity index (χ1v) is 9.60. The molecule has 0 spiro atoms. The van der Waals surface area contributed by atoms with Crippen molar-refractivity contribution in [1.82, 2.24) is 10.6 Å². The van der Waals surface area contributed by atoms with Gasteiger partial charge in [-0.25, -0.2) is 0 Å². The Morgan fingerprint density at radius 2 is 1.89 bits per heavy atom. The highest BCUT2D eigenvalue weighted by Crippen LogP contribution is 2.45. The SMILES string of the molecule is CC.CC.O=C1NCc2c1cc1ccc3c(c1c2C1=CCNC=C1)OCO3. The number of rotatable bonds is 1. The molecule has 5 heteroatoms. The fourth-order valence-corrected chi connectivity index (χ4v) is 3.50. The van der Waals surface area contributed by atoms with E-state index >= 15 is 0 Å². The second-order valence-electron chi connectivity index (χ2n) is 5.76. The van der Waals surface area contributed by atoms with Crippen LogP contribution in [0, 0.1) is 0 Å². The van der Waals surface area contributed by atoms with Crippen LogP contribution in [0.4, 0.5) is 0 Å². The summed E-state index contributed by atoms with van der Waals surface area (Å²) in [6, 6.07) is 5.84. The number of ether oxygens (including phenoxy) is 2. The second kappa shape index (κ2) is 8.16. The van der Waals surface area contributed by atoms with Crippen LogP contribution in [0.2, 0.25) is 0 Å². The molecule has 2 N–H and O–H groups in total. The van der Waals surface area contributed by atoms with E-state index in [4.69, 9.17) is 9.47 Å². The summed E-state index contributed by atoms with van der Waals surface area (Å²) in [6.45, 7) is 9.55. The summed E-state index contributed by atoms with van der Waals surface area (Å²) >= 11 is 0. The Balaban J connectivity index is 0.000000495. The molecule has 0 bridgehead atoms. The van der Waals surface area contributed by atoms with Crippen molar-refractivity contribution in [2.24, 2.45) is 0 Å². The molecule has 0 radical (unpaired) electrons. The maximum atomic E-state index is 12.2. The van der Waals surface area contributed by atoms with Gasteiger partial charge in [-0.2, -0.15) is 0 Å². The lowest BCUT2D eigenvalue weighted by molar-refractivity contribution is 0.0966. The van der Waals surface area contributed by atoms with E-state index in [0.29, 0.717) is 6.54 Å². The first-order valence-electron chi connectivity index (χ1n) is 9.60. The molecule has 142 valence electrons. The van der Waals surface area contributed by atoms with Gasteiger partial charge < -0.3 is 20.1 Å². The molecule has 0 aromatic heterocycles. The van der Waals surface area contributed by atoms with Crippen molar-refractivity contribution in [3.05, 3.63) is 53.2 Å². The van der Waals surface area contributed by atoms with Gasteiger partial charge in [0.15, 0.2) is 11.5 Å². The minimum absolute atomic E-state index is 0.0145. The first-order chi connectivity index (χ1) is 13.3. The highest BCUT2D eigenvalue weighted by Gasteiger charge is 2.29. The Labute approximate surface area is 160 Å². The van der Waals surface area contributed by atoms with Gasteiger partial charge in [-0.3, -0.25) is 4.79 Å². The normalized spacial score (nSPS) is 15.6. The van der Waals surface area contributed by atoms with Gasteiger partial charge in [0.05, 0.1) is 0 Å². The molecule has 5 nitrogen and oxygen atoms in total. The molecule has 0 unspecified atom stereocenters. The molecule has 0 aliphatic carbocycles. The molecule has 0 saturated heterocycles. The van der Waals surface area contributed by atoms with Crippen LogP contribution in [-0.4, -0.2) is 19.2 Å². The number of hydrogen-bond donors (Lipinski definition) is 2. The van der Waals surface area contributed by atoms with Crippen molar-refractivity contribution in [1.29, 1.82) is 0 Å². The van der Waals surface area contributed by atoms with Gasteiger partial charge in [-0.15, -0.1) is 0 Å². The number of amides is 1. The lowest BCUT2D eigenvalue weighted by atomic mass is 9.89. The second-order valence-corrected chi connectivity index (χ2v) is 5.76. The maximum Gasteiger partial charge on any atom is 0.251 e. The highest BCUT2D eigenvalue weighted by molar-refractivity contribution is 6.10. The van der Waals surface area contributed by atoms with Crippen LogP contribution >= 0.6 is 0 Å². The van der Waals surface area contributed by atoms with E-state index in [1.54, 1.807) is 0 Å². The van der Waals surface area contributed by atoms with E-state index in [0.717, 1.165) is 51.1 Å². The Morgan fingerprint density at radius 1 is 1.07 bits per heavy atom. The molecule has 2 aromatic carbocycles. The molecule has 0 fully saturated rings. The molecule has 3 aliphatic heterocycles. The van der Waals surface area contributed by atoms with Crippen molar-refractivity contribution in [3.63, 3.8) is 0 Å². The van der Waals surface area contributed by atoms with E-state index in [-0.39, 0.29) is 12.7 Å². The van der Waals surface area contributed by atoms with Crippen molar-refractivity contribution in [2.75, 3.05) is 13.3 Å². The minimum atomic E-state index is -0.0145. The summed E-state index contributed by atoms with van der Waals surface area (Å²) in [5.41, 5.74) is 3.95. The summed E-state index contributed by atoms with van der Waals surface area (Å²) in [5, 5.41) is 8.11. The standard InChI is InChI=1S/C18H14N2O3.2C2H6/c21-18-12-7-11-1-2-14-17(23-9-22-14)16(11)15(13(12)8-20-18)10-3-5-19-6-4-10;2*1-2/h1-5,7,19H,6,8-9H2,(H,20,21);2*1-2H3. The third-order valence-electron chi connectivity index (χ3n) is 4.53. The van der Waals surface area contributed by atoms with Crippen LogP contribution in [0.3, 0.4) is 0 Å². The quantitative estimate of drug-likeness (QED) is 0.787. The summed E-state index contributed by atoms with van der Waals surface area (Å²) in [4.78, 5) is 12.2. The van der Waals surface area contributed by atoms with E-state index in [1.807, 2.05) is 58.2 Å². The van der Waals surface area contributed by atoms with Crippen LogP contribution in [-0.2, 0) is 6.54 Å². The van der Waals surface area contributed by atoms with Crippen LogP contribution in [0.25, 0.3) is 16.3 Å². The third kappa shape index (κ3) is 3.14. The third-order valence-corrected chi connectivity index (χ3v) is 4.53. The van der Waals surface area contributed by atoms with Crippen molar-refractivity contribution >= 4 is 22.3 Å². The summed E-state index contributed by atoms with van der Waals surface area (Å²) < 4.78 is 11.3. The lowest BCUT2D eigenvalue weighted by Gasteiger charge is -2.17. The van der Waals surface area contributed by atoms with E-state index in [9.17, 15) is 4.79 Å². The zero-order valence-electron chi connectivity index (χ0n) is 16.3. The van der Waals surface area contributed by atoms with E-state index < -0.39 is 0 Å². The average molecular weight is 366 g/mol. The molecular weight excluding hydrogens is 340 g/mol. The molecule has 1 amide bonds. The van der Waals surface area contributed by atoms with Gasteiger partial charge in [0.1, 0.15) is 0 Å². The van der Waals surface area contributed by atoms with E-state index in [2.05, 4.69) is 16.7 Å². The van der Waals surface area contributed by atoms with Crippen LogP contribution < -0.4 is 20.1 Å². The largest absolute Gasteiger partial charge is 0.454 e. The predicted octanol–water partition coefficient (Wildman–Crippen LogP) is 4.36. The molecule has 5 rings (SSSR count). The molecule has 0 atom stereocenters. The molecule has 0 saturated carbocycles. The fraction of sp³-hybridized carbons (Fsp3) is 0.318. The molecule has 3 aliphatic rings. The number of fused-ring (bicyclic) bond motifs is 4. The minimum Gasteiger partial charge on any atom is -0.454 e. The summed E-state index contributed by atoms with van der Waals surface area (Å²) in [6.07, 6.45) is 6.11. The number of hydrogen-bond acceptors (Lipinski definition) is 4. The first kappa shape index (κ1) is 18.8. The summed E-state index contributed by atoms with van der Waals surface area (Å²) in [5.74, 6) is 1.52. The number of benzene rings is 2. The predicted molar refractivity (Wildman–Crippen MR) is 109 cm³/mol. The smallest absolute Gasteiger partial charge is 0.251 e. The Kier molecular flexibility index (Phi) is 5.69. The topological polar surface area (TPSA) is 59.6 Å². The van der Waals surface area contributed by atoms with Crippen LogP contribution in [0.5, 0.6) is 11.5 Å². The number of allylic oxidation sites excluding steroid dienone is 2. The zero-order valence-corrected chi connectivity index (χ0v) is 16.3. The Morgan fingerprint density at radius 3 is 2.63 bits per heavy atom. The Bertz CT molecular complexity index is 929. The zero-order chi connectivity index (χ0) is 19.4. The maximum absolute atomic E-state index is 12.2. The fourth-order valence-electron chi connectivity index (χ4n) is 3.50. The van der Waals surface area contributed by atoms with Crippen LogP contribution in [0.1, 0.15) is 49.2 Å². The van der Waals surface area contributed by atoms with Crippen molar-refractivity contribution in [2.45, 2.75) is 34.2 Å². The number of carbonyl (C=O) groups excluding carboxylic acids is 1. The lowest BCUT2D eigenvalue weighted by Crippen LogP contribution is -2.12. The van der Waals surface area contributed by atoms with Crippen molar-refractivity contribution < 1.29 is 14.3 Å². The van der Waals surface area contributed by atoms with Gasteiger partial charge in [0, 0.05) is 24.0 Å². The van der Waals surface area contributed by atoms with Gasteiger partial charge in [-0.1, -0.05) is 39.8 Å². The molecule has 2 aromatic rings. The Hall–Kier alpha value is -2.95. The van der Waals surface area contributed by atoms with E-state index in [1.165, 1.54) is 0 Å². The van der Waals surface area contributed by atoms with Gasteiger partial charge in [0.2, 0.25) is 6.79 Å². The average Bonchev–Trinajstić information content (AvgIpc) is 3.37. The number of nitrogens with one attached hydrogen (secondary N) is 2.